The molecule has 0 aromatic carbocycles. The van der Waals surface area contributed by atoms with Gasteiger partial charge in [0.25, 0.3) is 10.1 Å². The number of carboxylic acid groups (broad SMARTS) is 1. The first kappa shape index (κ1) is 106. The minimum absolute atomic E-state index is 0.0317. The van der Waals surface area contributed by atoms with Gasteiger partial charge in [-0.05, 0) is 52.4 Å². The number of nitrogens with two attached hydrogens (primary N) is 3. The number of esters is 3. The summed E-state index contributed by atoms with van der Waals surface area (Å²) in [5, 5.41) is 106. The smallest absolute Gasteiger partial charge is 0.303 e. The van der Waals surface area contributed by atoms with Crippen molar-refractivity contribution in [3.63, 3.8) is 0 Å². The summed E-state index contributed by atoms with van der Waals surface area (Å²) in [5.41, 5.74) is 16.1. The molecule has 0 radical (unpaired) electrons. The fourth-order valence-corrected chi connectivity index (χ4v) is 13.2. The van der Waals surface area contributed by atoms with Gasteiger partial charge >= 0.3 is 23.9 Å². The van der Waals surface area contributed by atoms with Gasteiger partial charge in [-0.25, -0.2) is 0 Å². The lowest BCUT2D eigenvalue weighted by Gasteiger charge is -2.44. The number of aromatic nitrogens is 3. The highest BCUT2D eigenvalue weighted by Gasteiger charge is 2.52. The van der Waals surface area contributed by atoms with E-state index in [-0.39, 0.29) is 30.8 Å². The number of carboxylic acids is 1. The molecule has 2 saturated heterocycles. The first-order chi connectivity index (χ1) is 57.7. The number of aliphatic hydroxyl groups is 6. The maximum atomic E-state index is 14.5. The number of primary amides is 2. The largest absolute Gasteiger partial charge is 0.481 e. The molecule has 54 nitrogen and oxygen atoms in total. The van der Waals surface area contributed by atoms with Crippen LogP contribution in [0.5, 0.6) is 0 Å². The molecule has 26 N–H and O–H groups in total. The van der Waals surface area contributed by atoms with Gasteiger partial charge in [0, 0.05) is 65.8 Å². The normalized spacial score (nSPS) is 19.1. The second-order valence-electron chi connectivity index (χ2n) is 27.6. The predicted octanol–water partition coefficient (Wildman–Crippen LogP) is -15.0. The van der Waals surface area contributed by atoms with Gasteiger partial charge in [-0.15, -0.1) is 5.10 Å². The van der Waals surface area contributed by atoms with E-state index in [1.165, 1.54) is 6.20 Å². The number of hydrogen-bond donors (Lipinski definition) is 23. The lowest BCUT2D eigenvalue weighted by atomic mass is 9.96. The number of carbonyl (C=O) groups excluding carboxylic acids is 19. The van der Waals surface area contributed by atoms with Crippen LogP contribution in [-0.2, 0) is 143 Å². The Labute approximate surface area is 703 Å². The molecule has 3 heterocycles. The van der Waals surface area contributed by atoms with Crippen LogP contribution in [0.2, 0.25) is 0 Å². The summed E-state index contributed by atoms with van der Waals surface area (Å²) in [6.07, 6.45) is -13.4. The van der Waals surface area contributed by atoms with E-state index in [0.717, 1.165) is 51.1 Å². The zero-order valence-corrected chi connectivity index (χ0v) is 68.9. The van der Waals surface area contributed by atoms with E-state index in [2.05, 4.69) is 63.5 Å². The van der Waals surface area contributed by atoms with Crippen LogP contribution < -0.4 is 81.0 Å². The third-order valence-corrected chi connectivity index (χ3v) is 19.5. The average molecular weight is 1800 g/mol. The van der Waals surface area contributed by atoms with Gasteiger partial charge in [-0.2, -0.15) is 8.42 Å². The summed E-state index contributed by atoms with van der Waals surface area (Å²) in [6.45, 7) is -2.01. The van der Waals surface area contributed by atoms with Crippen LogP contribution in [0, 0.1) is 0 Å². The SMILES string of the molecule is CC(=O)N[C@H]1[C@H](OCc2cn(CC[C@H](NC(=O)[C@H](CCC(N)=O)NC(=O)CN)C(=O)N[C@@H](CCC(=O)O)C(=O)N[C@H](C(=O)N[C@@H](CO)C(=O)N[C@@H](CCC(N)=O)C(=O)N[C@H](C(=O)N[C@@H](CO)C(=O)N[C@@H](CO)C(=O)N3CCC[C@H]3C(=O)N[C@@H](CO)C(=O)NCC(=O)SCCS(=O)(=O)O)[C@@H](C)O)[C@@H](C)O)nn2)O[C@H](COC(C)=O)[C@@H](OC(C)=O)[C@@H]1OC(C)=O. The molecule has 123 heavy (non-hydrogen) atoms. The molecule has 18 atom stereocenters. The highest BCUT2D eigenvalue weighted by molar-refractivity contribution is 8.14. The van der Waals surface area contributed by atoms with Crippen molar-refractivity contribution in [2.24, 2.45) is 17.2 Å². The number of aliphatic hydroxyl groups excluding tert-OH is 6. The quantitative estimate of drug-likeness (QED) is 0.0164. The summed E-state index contributed by atoms with van der Waals surface area (Å²) < 4.78 is 59.8. The van der Waals surface area contributed by atoms with Crippen LogP contribution in [0.1, 0.15) is 105 Å². The van der Waals surface area contributed by atoms with Gasteiger partial charge in [0.15, 0.2) is 18.5 Å². The Morgan fingerprint density at radius 2 is 1.05 bits per heavy atom. The number of rotatable bonds is 53. The van der Waals surface area contributed by atoms with Gasteiger partial charge in [-0.3, -0.25) is 105 Å². The zero-order chi connectivity index (χ0) is 92.9. The Bertz CT molecular complexity index is 4050. The minimum atomic E-state index is -4.40. The molecular formula is C67H105N19O35S2. The third-order valence-electron chi connectivity index (χ3n) is 17.7. The van der Waals surface area contributed by atoms with E-state index in [1.54, 1.807) is 0 Å². The molecule has 15 amide bonds. The summed E-state index contributed by atoms with van der Waals surface area (Å²) >= 11 is 0.445. The van der Waals surface area contributed by atoms with Crippen molar-refractivity contribution in [1.82, 2.24) is 83.7 Å². The van der Waals surface area contributed by atoms with E-state index in [4.69, 9.17) is 45.4 Å². The van der Waals surface area contributed by atoms with Crippen LogP contribution in [-0.4, -0.2) is 360 Å². The van der Waals surface area contributed by atoms with Crippen molar-refractivity contribution in [3.05, 3.63) is 11.9 Å². The molecule has 1 aromatic rings. The number of carbonyl (C=O) groups is 20. The van der Waals surface area contributed by atoms with E-state index in [9.17, 15) is 140 Å². The van der Waals surface area contributed by atoms with Gasteiger partial charge in [0.1, 0.15) is 90.9 Å². The number of ether oxygens (including phenoxy) is 5. The molecule has 3 rings (SSSR count). The summed E-state index contributed by atoms with van der Waals surface area (Å²) in [7, 11) is -4.40. The summed E-state index contributed by atoms with van der Waals surface area (Å²) in [5.74, 6) is -23.5. The number of likely N-dealkylation sites (tertiary alicyclic amines) is 1. The van der Waals surface area contributed by atoms with Gasteiger partial charge in [0.05, 0.1) is 70.3 Å². The summed E-state index contributed by atoms with van der Waals surface area (Å²) in [4.78, 5) is 263. The van der Waals surface area contributed by atoms with E-state index < -0.39 is 347 Å². The number of nitrogens with one attached hydrogen (secondary N) is 12. The molecule has 56 heteroatoms. The fraction of sp³-hybridized carbons (Fsp3) is 0.672. The highest BCUT2D eigenvalue weighted by Crippen LogP contribution is 2.29. The van der Waals surface area contributed by atoms with E-state index >= 15 is 0 Å². The molecule has 2 aliphatic heterocycles. The van der Waals surface area contributed by atoms with E-state index in [0.29, 0.717) is 11.8 Å². The molecule has 2 fully saturated rings. The third kappa shape index (κ3) is 37.1. The van der Waals surface area contributed by atoms with Gasteiger partial charge in [0.2, 0.25) is 93.7 Å². The lowest BCUT2D eigenvalue weighted by Crippen LogP contribution is -2.66. The lowest BCUT2D eigenvalue weighted by molar-refractivity contribution is -0.280. The van der Waals surface area contributed by atoms with Gasteiger partial charge in [-0.1, -0.05) is 17.0 Å². The number of amides is 15. The summed E-state index contributed by atoms with van der Waals surface area (Å²) in [6, 6.07) is -22.7. The van der Waals surface area contributed by atoms with Gasteiger partial charge < -0.3 is 145 Å². The fourth-order valence-electron chi connectivity index (χ4n) is 11.6. The monoisotopic (exact) mass is 1800 g/mol. The standard InChI is InChI=1S/C67H105N19O35S2/c1-29(91)51(65(112)79-42(25-89)62(109)80-43(26-90)66(113)86-16-7-8-44(86)63(110)77-40(23-87)56(103)71-21-50(102)122-18-19-123(114,115)116)81-59(106)37(10-13-47(70)98)75-61(108)41(24-88)78-64(111)52(30(2)92)82-60(107)38(11-14-49(100)101)74-58(105)39(76-57(104)36(9-12-46(69)97)73-48(99)20-68)15-17-85-22-35(83-84-85)27-118-67-53(72-31(3)93)55(120-34(6)96)54(119-33(5)95)45(121-67)28-117-32(4)94/h22,29-30,36-45,51-55,67,87-92H,7-21,23-28,68H2,1-6H3,(H2,69,97)(H2,70,98)(H,71,103)(H,72,93)(H,73,99)(H,74,105)(H,75,108)(H,76,104)(H,77,110)(H,78,111)(H,79,112)(H,80,109)(H,81,106)(H,82,107)(H,100,101)(H,114,115,116)/t29-,30-,36+,37+,38+,39+,40+,41+,42+,43+,44+,45-,51+,52+,53-,54-,55-,67-/m1/s1. The molecular weight excluding hydrogens is 1690 g/mol. The molecule has 1 aromatic heterocycles. The Balaban J connectivity index is 1.87. The Kier molecular flexibility index (Phi) is 44.9. The molecule has 0 bridgehead atoms. The number of aryl methyl sites for hydroxylation is 1. The van der Waals surface area contributed by atoms with Crippen LogP contribution in [0.4, 0.5) is 0 Å². The van der Waals surface area contributed by atoms with Crippen molar-refractivity contribution in [3.8, 4) is 0 Å². The Hall–Kier alpha value is -11.4. The zero-order valence-electron chi connectivity index (χ0n) is 67.3. The van der Waals surface area contributed by atoms with Crippen molar-refractivity contribution in [1.29, 1.82) is 0 Å². The maximum Gasteiger partial charge on any atom is 0.303 e. The molecule has 0 spiro atoms. The second kappa shape index (κ2) is 52.2. The first-order valence-corrected chi connectivity index (χ1v) is 40.2. The predicted molar refractivity (Wildman–Crippen MR) is 409 cm³/mol. The van der Waals surface area contributed by atoms with Crippen molar-refractivity contribution in [2.45, 2.75) is 222 Å². The van der Waals surface area contributed by atoms with Crippen LogP contribution in [0.3, 0.4) is 0 Å². The van der Waals surface area contributed by atoms with E-state index in [1.807, 2.05) is 10.6 Å². The molecule has 0 unspecified atom stereocenters. The molecule has 0 aliphatic carbocycles. The van der Waals surface area contributed by atoms with Crippen LogP contribution >= 0.6 is 11.8 Å². The Morgan fingerprint density at radius 1 is 0.593 bits per heavy atom. The molecule has 0 saturated carbocycles. The molecule has 2 aliphatic rings. The number of aliphatic carboxylic acids is 1. The average Bonchev–Trinajstić information content (AvgIpc) is 0.820. The highest BCUT2D eigenvalue weighted by atomic mass is 32.2. The Morgan fingerprint density at radius 3 is 1.50 bits per heavy atom. The number of thioether (sulfide) groups is 1. The minimum Gasteiger partial charge on any atom is -0.481 e. The molecule has 690 valence electrons. The topological polar surface area (TPSA) is 840 Å². The van der Waals surface area contributed by atoms with Crippen molar-refractivity contribution < 1.29 is 168 Å². The first-order valence-electron chi connectivity index (χ1n) is 37.6. The van der Waals surface area contributed by atoms with Crippen molar-refractivity contribution >= 4 is 139 Å². The second-order valence-corrected chi connectivity index (χ2v) is 30.3. The van der Waals surface area contributed by atoms with Crippen LogP contribution in [0.25, 0.3) is 0 Å². The number of hydrogen-bond acceptors (Lipinski definition) is 37. The van der Waals surface area contributed by atoms with Crippen molar-refractivity contribution in [2.75, 3.05) is 64.2 Å². The number of nitrogens with zero attached hydrogens (tertiary/aromatic N) is 4. The van der Waals surface area contributed by atoms with Crippen LogP contribution in [0.15, 0.2) is 6.20 Å². The maximum absolute atomic E-state index is 14.5.